The maximum absolute atomic E-state index is 11.0. The lowest BCUT2D eigenvalue weighted by Crippen LogP contribution is -2.27. The Morgan fingerprint density at radius 1 is 1.18 bits per heavy atom. The van der Waals surface area contributed by atoms with Crippen LogP contribution in [0.2, 0.25) is 0 Å². The van der Waals surface area contributed by atoms with Crippen molar-refractivity contribution < 1.29 is 4.79 Å². The van der Waals surface area contributed by atoms with Crippen LogP contribution in [-0.4, -0.2) is 12.8 Å². The molecule has 0 saturated heterocycles. The van der Waals surface area contributed by atoms with Crippen LogP contribution < -0.4 is 4.90 Å². The zero-order valence-electron chi connectivity index (χ0n) is 16.5. The maximum atomic E-state index is 11.0. The van der Waals surface area contributed by atoms with E-state index in [4.69, 9.17) is 5.26 Å². The second-order valence-electron chi connectivity index (χ2n) is 7.15. The van der Waals surface area contributed by atoms with Crippen molar-refractivity contribution in [2.75, 3.05) is 11.4 Å². The molecular weight excluding hydrogens is 364 g/mol. The summed E-state index contributed by atoms with van der Waals surface area (Å²) in [4.78, 5) is 15.8. The molecule has 0 spiro atoms. The number of nitrogens with zero attached hydrogens (tertiary/aromatic N) is 2. The third kappa shape index (κ3) is 4.48. The van der Waals surface area contributed by atoms with Crippen molar-refractivity contribution >= 4 is 35.5 Å². The fourth-order valence-electron chi connectivity index (χ4n) is 3.58. The molecule has 1 aliphatic heterocycles. The van der Waals surface area contributed by atoms with Gasteiger partial charge < -0.3 is 4.90 Å². The summed E-state index contributed by atoms with van der Waals surface area (Å²) >= 11 is 1.75. The van der Waals surface area contributed by atoms with Crippen molar-refractivity contribution in [2.24, 2.45) is 5.92 Å². The summed E-state index contributed by atoms with van der Waals surface area (Å²) in [5.41, 5.74) is 3.50. The molecule has 0 fully saturated rings. The zero-order valence-corrected chi connectivity index (χ0v) is 17.3. The summed E-state index contributed by atoms with van der Waals surface area (Å²) in [6.45, 7) is 5.54. The van der Waals surface area contributed by atoms with E-state index in [1.54, 1.807) is 17.8 Å². The minimum absolute atomic E-state index is 0.142. The quantitative estimate of drug-likeness (QED) is 0.289. The van der Waals surface area contributed by atoms with Gasteiger partial charge in [0.1, 0.15) is 6.07 Å². The van der Waals surface area contributed by atoms with Crippen molar-refractivity contribution in [3.8, 4) is 6.07 Å². The van der Waals surface area contributed by atoms with Gasteiger partial charge in [0.2, 0.25) is 0 Å². The highest BCUT2D eigenvalue weighted by Crippen LogP contribution is 2.48. The van der Waals surface area contributed by atoms with Crippen molar-refractivity contribution in [3.63, 3.8) is 0 Å². The van der Waals surface area contributed by atoms with E-state index in [2.05, 4.69) is 55.1 Å². The number of carbonyl (C=O) groups is 1. The zero-order chi connectivity index (χ0) is 19.9. The van der Waals surface area contributed by atoms with Crippen LogP contribution in [0.25, 0.3) is 6.08 Å². The predicted molar refractivity (Wildman–Crippen MR) is 117 cm³/mol. The monoisotopic (exact) mass is 390 g/mol. The molecule has 0 N–H and O–H groups in total. The van der Waals surface area contributed by atoms with Crippen molar-refractivity contribution in [2.45, 2.75) is 49.3 Å². The van der Waals surface area contributed by atoms with Gasteiger partial charge in [0.15, 0.2) is 6.29 Å². The Kier molecular flexibility index (Phi) is 6.95. The first-order valence-electron chi connectivity index (χ1n) is 9.95. The predicted octanol–water partition coefficient (Wildman–Crippen LogP) is 6.61. The van der Waals surface area contributed by atoms with Gasteiger partial charge in [-0.25, -0.2) is 0 Å². The summed E-state index contributed by atoms with van der Waals surface area (Å²) in [5, 5.41) is 9.03. The molecule has 2 aromatic carbocycles. The second kappa shape index (κ2) is 9.61. The number of nitriles is 1. The molecule has 0 aliphatic carbocycles. The van der Waals surface area contributed by atoms with Gasteiger partial charge in [0, 0.05) is 16.3 Å². The summed E-state index contributed by atoms with van der Waals surface area (Å²) in [7, 11) is 0. The van der Waals surface area contributed by atoms with E-state index in [0.29, 0.717) is 12.2 Å². The summed E-state index contributed by atoms with van der Waals surface area (Å²) in [6.07, 6.45) is 7.17. The number of fused-ring (bicyclic) bond motifs is 2. The van der Waals surface area contributed by atoms with Gasteiger partial charge in [0.25, 0.3) is 0 Å². The third-order valence-electron chi connectivity index (χ3n) is 5.21. The first-order chi connectivity index (χ1) is 13.7. The lowest BCUT2D eigenvalue weighted by atomic mass is 9.98. The Hall–Kier alpha value is -2.51. The highest BCUT2D eigenvalue weighted by Gasteiger charge is 2.25. The number of aldehydes is 1. The maximum Gasteiger partial charge on any atom is 0.160 e. The first-order valence-corrected chi connectivity index (χ1v) is 10.8. The molecule has 0 saturated carbocycles. The number of hydrogen-bond donors (Lipinski definition) is 0. The van der Waals surface area contributed by atoms with Crippen molar-refractivity contribution in [3.05, 3.63) is 53.6 Å². The van der Waals surface area contributed by atoms with Crippen LogP contribution in [-0.2, 0) is 4.79 Å². The molecule has 1 unspecified atom stereocenters. The number of allylic oxidation sites excluding steroid dienone is 1. The molecule has 0 radical (unpaired) electrons. The normalized spacial score (nSPS) is 14.0. The fraction of sp³-hybridized carbons (Fsp3) is 0.333. The van der Waals surface area contributed by atoms with Crippen LogP contribution in [0, 0.1) is 17.2 Å². The standard InChI is InChI=1S/C24H26N2OS/c1-3-5-8-18(4-2)16-26-21-9-6-7-10-23(21)28-24-14-19(11-12-22(24)26)13-20(15-25)17-27/h6-7,9-14,17-18H,3-5,8,16H2,1-2H3/b20-13+. The molecule has 0 bridgehead atoms. The van der Waals surface area contributed by atoms with E-state index in [1.165, 1.54) is 46.8 Å². The van der Waals surface area contributed by atoms with Crippen LogP contribution in [0.4, 0.5) is 11.4 Å². The number of hydrogen-bond acceptors (Lipinski definition) is 4. The summed E-state index contributed by atoms with van der Waals surface area (Å²) < 4.78 is 0. The van der Waals surface area contributed by atoms with E-state index < -0.39 is 0 Å². The third-order valence-corrected chi connectivity index (χ3v) is 6.32. The molecule has 28 heavy (non-hydrogen) atoms. The van der Waals surface area contributed by atoms with Gasteiger partial charge in [-0.05, 0) is 48.2 Å². The van der Waals surface area contributed by atoms with Crippen LogP contribution >= 0.6 is 11.8 Å². The minimum atomic E-state index is 0.142. The lowest BCUT2D eigenvalue weighted by Gasteiger charge is -2.35. The smallest absolute Gasteiger partial charge is 0.160 e. The van der Waals surface area contributed by atoms with E-state index in [1.807, 2.05) is 12.1 Å². The Bertz CT molecular complexity index is 913. The largest absolute Gasteiger partial charge is 0.339 e. The number of para-hydroxylation sites is 1. The highest BCUT2D eigenvalue weighted by molar-refractivity contribution is 7.99. The molecule has 1 aliphatic rings. The fourth-order valence-corrected chi connectivity index (χ4v) is 4.73. The Morgan fingerprint density at radius 2 is 1.96 bits per heavy atom. The molecule has 3 rings (SSSR count). The van der Waals surface area contributed by atoms with Gasteiger partial charge in [-0.3, -0.25) is 4.79 Å². The molecule has 0 amide bonds. The van der Waals surface area contributed by atoms with Gasteiger partial charge in [-0.2, -0.15) is 5.26 Å². The summed E-state index contributed by atoms with van der Waals surface area (Å²) in [5.74, 6) is 0.656. The average Bonchev–Trinajstić information content (AvgIpc) is 2.74. The van der Waals surface area contributed by atoms with Crippen LogP contribution in [0.1, 0.15) is 45.1 Å². The van der Waals surface area contributed by atoms with Gasteiger partial charge in [-0.15, -0.1) is 0 Å². The van der Waals surface area contributed by atoms with Crippen molar-refractivity contribution in [1.82, 2.24) is 0 Å². The van der Waals surface area contributed by atoms with Gasteiger partial charge in [0.05, 0.1) is 16.9 Å². The number of carbonyl (C=O) groups excluding carboxylic acids is 1. The first kappa shape index (κ1) is 20.2. The Labute approximate surface area is 172 Å². The number of benzene rings is 2. The second-order valence-corrected chi connectivity index (χ2v) is 8.24. The van der Waals surface area contributed by atoms with E-state index in [0.717, 1.165) is 12.1 Å². The lowest BCUT2D eigenvalue weighted by molar-refractivity contribution is -0.104. The molecule has 0 aromatic heterocycles. The SMILES string of the molecule is CCCCC(CC)CN1c2ccccc2Sc2cc(/C=C(\C#N)C=O)ccc21. The molecule has 4 heteroatoms. The Morgan fingerprint density at radius 3 is 2.68 bits per heavy atom. The molecule has 144 valence electrons. The molecule has 2 aromatic rings. The highest BCUT2D eigenvalue weighted by atomic mass is 32.2. The van der Waals surface area contributed by atoms with Crippen LogP contribution in [0.5, 0.6) is 0 Å². The molecule has 3 nitrogen and oxygen atoms in total. The van der Waals surface area contributed by atoms with Gasteiger partial charge in [-0.1, -0.05) is 63.1 Å². The van der Waals surface area contributed by atoms with E-state index in [-0.39, 0.29) is 5.57 Å². The molecular formula is C24H26N2OS. The average molecular weight is 391 g/mol. The van der Waals surface area contributed by atoms with E-state index >= 15 is 0 Å². The Balaban J connectivity index is 1.98. The molecule has 1 heterocycles. The number of rotatable bonds is 8. The topological polar surface area (TPSA) is 44.1 Å². The van der Waals surface area contributed by atoms with Gasteiger partial charge >= 0.3 is 0 Å². The molecule has 1 atom stereocenters. The number of unbranched alkanes of at least 4 members (excludes halogenated alkanes) is 1. The summed E-state index contributed by atoms with van der Waals surface area (Å²) in [6, 6.07) is 16.7. The van der Waals surface area contributed by atoms with Crippen molar-refractivity contribution in [1.29, 1.82) is 5.26 Å². The van der Waals surface area contributed by atoms with Crippen LogP contribution in [0.3, 0.4) is 0 Å². The van der Waals surface area contributed by atoms with E-state index in [9.17, 15) is 4.79 Å². The number of anilines is 2. The van der Waals surface area contributed by atoms with Crippen LogP contribution in [0.15, 0.2) is 57.8 Å². The minimum Gasteiger partial charge on any atom is -0.339 e.